The minimum absolute atomic E-state index is 0.406. The second kappa shape index (κ2) is 10.9. The van der Waals surface area contributed by atoms with Crippen LogP contribution in [-0.4, -0.2) is 73.1 Å². The number of hydrogen-bond donors (Lipinski definition) is 1. The molecule has 0 amide bonds. The number of benzene rings is 1. The minimum Gasteiger partial charge on any atom is -0.496 e. The number of hydrogen-bond acceptors (Lipinski definition) is 8. The molecule has 0 saturated carbocycles. The first-order valence-electron chi connectivity index (χ1n) is 10.5. The number of esters is 1. The summed E-state index contributed by atoms with van der Waals surface area (Å²) in [5.74, 6) is 1.86. The van der Waals surface area contributed by atoms with Gasteiger partial charge in [-0.05, 0) is 24.6 Å². The van der Waals surface area contributed by atoms with Crippen molar-refractivity contribution in [3.05, 3.63) is 35.2 Å². The summed E-state index contributed by atoms with van der Waals surface area (Å²) in [6.07, 6.45) is 0.860. The van der Waals surface area contributed by atoms with Gasteiger partial charge in [0.05, 0.1) is 20.8 Å². The molecule has 10 heteroatoms. The van der Waals surface area contributed by atoms with Gasteiger partial charge in [-0.25, -0.2) is 14.8 Å². The Morgan fingerprint density at radius 3 is 2.61 bits per heavy atom. The Morgan fingerprint density at radius 2 is 2.00 bits per heavy atom. The Kier molecular flexibility index (Phi) is 8.05. The predicted molar refractivity (Wildman–Crippen MR) is 122 cm³/mol. The molecule has 1 N–H and O–H groups in total. The molecular weight excluding hydrogens is 416 g/mol. The molecule has 2 aromatic rings. The van der Waals surface area contributed by atoms with Crippen LogP contribution in [0.5, 0.6) is 5.75 Å². The highest BCUT2D eigenvalue weighted by atomic mass is 32.1. The summed E-state index contributed by atoms with van der Waals surface area (Å²) in [7, 11) is 2.90. The van der Waals surface area contributed by atoms with E-state index in [-0.39, 0.29) is 0 Å². The first-order chi connectivity index (χ1) is 15.1. The highest BCUT2D eigenvalue weighted by molar-refractivity contribution is 7.09. The molecule has 1 aromatic carbocycles. The zero-order valence-electron chi connectivity index (χ0n) is 18.6. The summed E-state index contributed by atoms with van der Waals surface area (Å²) in [5.41, 5.74) is 1.36. The number of aryl methyl sites for hydroxylation is 1. The average molecular weight is 447 g/mol. The van der Waals surface area contributed by atoms with E-state index in [1.165, 1.54) is 18.6 Å². The van der Waals surface area contributed by atoms with Gasteiger partial charge in [-0.1, -0.05) is 13.0 Å². The quantitative estimate of drug-likeness (QED) is 0.393. The molecule has 1 aliphatic heterocycles. The summed E-state index contributed by atoms with van der Waals surface area (Å²) >= 11 is 1.47. The van der Waals surface area contributed by atoms with Crippen LogP contribution in [0.3, 0.4) is 0 Å². The van der Waals surface area contributed by atoms with Crippen LogP contribution in [0.1, 0.15) is 35.6 Å². The maximum Gasteiger partial charge on any atom is 0.341 e. The van der Waals surface area contributed by atoms with Crippen LogP contribution >= 0.6 is 11.5 Å². The van der Waals surface area contributed by atoms with Crippen molar-refractivity contribution in [1.82, 2.24) is 19.6 Å². The van der Waals surface area contributed by atoms with Gasteiger partial charge < -0.3 is 24.6 Å². The Balaban J connectivity index is 1.66. The number of ether oxygens (including phenoxy) is 2. The average Bonchev–Trinajstić information content (AvgIpc) is 3.30. The molecule has 2 heterocycles. The highest BCUT2D eigenvalue weighted by Gasteiger charge is 2.22. The summed E-state index contributed by atoms with van der Waals surface area (Å²) in [5, 5.41) is 4.38. The second-order valence-electron chi connectivity index (χ2n) is 7.02. The number of carbonyl (C=O) groups is 1. The molecule has 3 rings (SSSR count). The van der Waals surface area contributed by atoms with Crippen molar-refractivity contribution < 1.29 is 14.3 Å². The number of rotatable bonds is 7. The lowest BCUT2D eigenvalue weighted by Crippen LogP contribution is -2.52. The number of nitrogens with zero attached hydrogens (tertiary/aromatic N) is 5. The Hall–Kier alpha value is -2.88. The van der Waals surface area contributed by atoms with Crippen LogP contribution in [0.25, 0.3) is 0 Å². The maximum absolute atomic E-state index is 11.9. The lowest BCUT2D eigenvalue weighted by atomic mass is 10.1. The fourth-order valence-electron chi connectivity index (χ4n) is 3.33. The lowest BCUT2D eigenvalue weighted by Gasteiger charge is -2.36. The van der Waals surface area contributed by atoms with Crippen molar-refractivity contribution >= 4 is 28.6 Å². The van der Waals surface area contributed by atoms with E-state index < -0.39 is 5.97 Å². The number of methoxy groups -OCH3 is 2. The molecule has 1 aromatic heterocycles. The number of aromatic nitrogens is 2. The van der Waals surface area contributed by atoms with E-state index in [9.17, 15) is 4.79 Å². The summed E-state index contributed by atoms with van der Waals surface area (Å²) < 4.78 is 14.5. The normalized spacial score (nSPS) is 14.5. The number of guanidine groups is 1. The molecule has 1 aliphatic rings. The summed E-state index contributed by atoms with van der Waals surface area (Å²) in [6.45, 7) is 8.88. The van der Waals surface area contributed by atoms with E-state index in [2.05, 4.69) is 38.3 Å². The van der Waals surface area contributed by atoms with Crippen LogP contribution in [-0.2, 0) is 17.7 Å². The third kappa shape index (κ3) is 5.63. The topological polar surface area (TPSA) is 92.2 Å². The number of anilines is 1. The number of aliphatic imine (C=N–C) groups is 1. The molecule has 0 spiro atoms. The molecule has 0 atom stereocenters. The van der Waals surface area contributed by atoms with Gasteiger partial charge in [-0.15, -0.1) is 0 Å². The Bertz CT molecular complexity index is 908. The summed E-state index contributed by atoms with van der Waals surface area (Å²) in [6, 6.07) is 5.42. The maximum atomic E-state index is 11.9. The fraction of sp³-hybridized carbons (Fsp3) is 0.524. The van der Waals surface area contributed by atoms with Gasteiger partial charge in [0.15, 0.2) is 5.96 Å². The predicted octanol–water partition coefficient (Wildman–Crippen LogP) is 2.18. The monoisotopic (exact) mass is 446 g/mol. The van der Waals surface area contributed by atoms with Crippen LogP contribution in [0.4, 0.5) is 5.13 Å². The van der Waals surface area contributed by atoms with Gasteiger partial charge in [0.2, 0.25) is 5.13 Å². The van der Waals surface area contributed by atoms with Crippen molar-refractivity contribution in [3.8, 4) is 5.75 Å². The van der Waals surface area contributed by atoms with Crippen LogP contribution in [0, 0.1) is 0 Å². The van der Waals surface area contributed by atoms with Gasteiger partial charge in [0.25, 0.3) is 0 Å². The SMILES string of the molecule is CCNC(=NCc1ccc(C(=O)OC)c(OC)c1)N1CCN(c2nc(CC)ns2)CC1. The molecule has 0 radical (unpaired) electrons. The molecular formula is C21H30N6O3S. The van der Waals surface area contributed by atoms with Crippen molar-refractivity contribution in [2.45, 2.75) is 26.8 Å². The lowest BCUT2D eigenvalue weighted by molar-refractivity contribution is 0.0597. The highest BCUT2D eigenvalue weighted by Crippen LogP contribution is 2.22. The standard InChI is InChI=1S/C21H30N6O3S/c1-5-18-24-21(31-25-18)27-11-9-26(10-12-27)20(22-6-2)23-14-15-7-8-16(19(28)30-4)17(13-15)29-3/h7-8,13H,5-6,9-12,14H2,1-4H3,(H,22,23). The number of nitrogens with one attached hydrogen (secondary N) is 1. The fourth-order valence-corrected chi connectivity index (χ4v) is 4.13. The van der Waals surface area contributed by atoms with Gasteiger partial charge in [-0.3, -0.25) is 0 Å². The molecule has 31 heavy (non-hydrogen) atoms. The van der Waals surface area contributed by atoms with Gasteiger partial charge in [0.1, 0.15) is 17.1 Å². The third-order valence-corrected chi connectivity index (χ3v) is 5.86. The number of piperazine rings is 1. The Labute approximate surface area is 187 Å². The van der Waals surface area contributed by atoms with Crippen molar-refractivity contribution in [2.24, 2.45) is 4.99 Å². The molecule has 0 bridgehead atoms. The molecule has 0 unspecified atom stereocenters. The largest absolute Gasteiger partial charge is 0.496 e. The van der Waals surface area contributed by atoms with Gasteiger partial charge in [-0.2, -0.15) is 4.37 Å². The second-order valence-corrected chi connectivity index (χ2v) is 7.75. The van der Waals surface area contributed by atoms with E-state index >= 15 is 0 Å². The van der Waals surface area contributed by atoms with Crippen molar-refractivity contribution in [3.63, 3.8) is 0 Å². The zero-order chi connectivity index (χ0) is 22.2. The van der Waals surface area contributed by atoms with Crippen LogP contribution in [0.15, 0.2) is 23.2 Å². The van der Waals surface area contributed by atoms with Gasteiger partial charge in [0, 0.05) is 50.7 Å². The molecule has 1 fully saturated rings. The van der Waals surface area contributed by atoms with E-state index in [1.54, 1.807) is 13.2 Å². The molecule has 1 saturated heterocycles. The minimum atomic E-state index is -0.417. The van der Waals surface area contributed by atoms with Crippen LogP contribution < -0.4 is 15.0 Å². The smallest absolute Gasteiger partial charge is 0.341 e. The van der Waals surface area contributed by atoms with Crippen molar-refractivity contribution in [1.29, 1.82) is 0 Å². The van der Waals surface area contributed by atoms with Gasteiger partial charge >= 0.3 is 5.97 Å². The first kappa shape index (κ1) is 22.8. The molecule has 168 valence electrons. The number of carbonyl (C=O) groups excluding carboxylic acids is 1. The van der Waals surface area contributed by atoms with E-state index in [1.807, 2.05) is 12.1 Å². The van der Waals surface area contributed by atoms with Crippen molar-refractivity contribution in [2.75, 3.05) is 51.8 Å². The molecule has 0 aliphatic carbocycles. The van der Waals surface area contributed by atoms with E-state index in [4.69, 9.17) is 14.5 Å². The third-order valence-electron chi connectivity index (χ3n) is 5.04. The first-order valence-corrected chi connectivity index (χ1v) is 11.2. The Morgan fingerprint density at radius 1 is 1.23 bits per heavy atom. The van der Waals surface area contributed by atoms with Crippen LogP contribution in [0.2, 0.25) is 0 Å². The summed E-state index contributed by atoms with van der Waals surface area (Å²) in [4.78, 5) is 25.8. The van der Waals surface area contributed by atoms with E-state index in [0.29, 0.717) is 17.9 Å². The zero-order valence-corrected chi connectivity index (χ0v) is 19.4. The van der Waals surface area contributed by atoms with E-state index in [0.717, 1.165) is 61.6 Å². The molecule has 9 nitrogen and oxygen atoms in total.